The van der Waals surface area contributed by atoms with E-state index in [4.69, 9.17) is 9.52 Å². The van der Waals surface area contributed by atoms with E-state index in [0.29, 0.717) is 11.1 Å². The van der Waals surface area contributed by atoms with Crippen molar-refractivity contribution in [3.63, 3.8) is 0 Å². The van der Waals surface area contributed by atoms with Crippen LogP contribution in [-0.4, -0.2) is 16.1 Å². The average molecular weight is 221 g/mol. The first-order valence-electron chi connectivity index (χ1n) is 4.52. The number of hydrogen-bond acceptors (Lipinski definition) is 3. The molecule has 0 saturated carbocycles. The molecule has 0 radical (unpaired) electrons. The molecule has 2 aromatic rings. The second-order valence-electron chi connectivity index (χ2n) is 3.35. The van der Waals surface area contributed by atoms with Crippen LogP contribution in [0, 0.1) is 12.7 Å². The van der Waals surface area contributed by atoms with Gasteiger partial charge in [-0.3, -0.25) is 0 Å². The van der Waals surface area contributed by atoms with Crippen LogP contribution >= 0.6 is 0 Å². The second-order valence-corrected chi connectivity index (χ2v) is 3.35. The maximum atomic E-state index is 13.1. The largest absolute Gasteiger partial charge is 0.476 e. The molecule has 2 rings (SSSR count). The third-order valence-corrected chi connectivity index (χ3v) is 2.07. The molecule has 0 fully saturated rings. The van der Waals surface area contributed by atoms with Crippen molar-refractivity contribution >= 4 is 5.97 Å². The molecule has 0 aliphatic rings. The summed E-state index contributed by atoms with van der Waals surface area (Å²) in [5.41, 5.74) is 0.833. The van der Waals surface area contributed by atoms with Crippen molar-refractivity contribution in [2.45, 2.75) is 6.92 Å². The Kier molecular flexibility index (Phi) is 2.44. The highest BCUT2D eigenvalue weighted by Crippen LogP contribution is 2.24. The Morgan fingerprint density at radius 2 is 2.19 bits per heavy atom. The molecule has 1 aromatic carbocycles. The number of nitrogens with zero attached hydrogens (tertiary/aromatic N) is 1. The fourth-order valence-corrected chi connectivity index (χ4v) is 1.47. The summed E-state index contributed by atoms with van der Waals surface area (Å²) in [5.74, 6) is -1.58. The predicted molar refractivity (Wildman–Crippen MR) is 53.6 cm³/mol. The number of rotatable bonds is 2. The van der Waals surface area contributed by atoms with Crippen molar-refractivity contribution < 1.29 is 18.7 Å². The van der Waals surface area contributed by atoms with E-state index < -0.39 is 11.8 Å². The average Bonchev–Trinajstić information content (AvgIpc) is 2.63. The van der Waals surface area contributed by atoms with E-state index in [1.165, 1.54) is 12.1 Å². The van der Waals surface area contributed by atoms with Gasteiger partial charge in [-0.2, -0.15) is 0 Å². The highest BCUT2D eigenvalue weighted by molar-refractivity contribution is 5.92. The van der Waals surface area contributed by atoms with E-state index >= 15 is 0 Å². The fraction of sp³-hybridized carbons (Fsp3) is 0.0909. The van der Waals surface area contributed by atoms with Gasteiger partial charge in [0.1, 0.15) is 5.82 Å². The number of aromatic carboxylic acids is 1. The van der Waals surface area contributed by atoms with Crippen molar-refractivity contribution in [1.82, 2.24) is 4.98 Å². The first-order valence-corrected chi connectivity index (χ1v) is 4.52. The zero-order chi connectivity index (χ0) is 11.7. The molecular formula is C11H8FNO3. The Morgan fingerprint density at radius 1 is 1.44 bits per heavy atom. The maximum Gasteiger partial charge on any atom is 0.358 e. The van der Waals surface area contributed by atoms with Gasteiger partial charge in [-0.25, -0.2) is 14.2 Å². The monoisotopic (exact) mass is 221 g/mol. The van der Waals surface area contributed by atoms with Gasteiger partial charge in [0.25, 0.3) is 0 Å². The number of carbonyl (C=O) groups is 1. The molecule has 0 bridgehead atoms. The quantitative estimate of drug-likeness (QED) is 0.846. The molecule has 82 valence electrons. The lowest BCUT2D eigenvalue weighted by atomic mass is 10.1. The van der Waals surface area contributed by atoms with Crippen LogP contribution in [0.25, 0.3) is 11.3 Å². The molecule has 0 amide bonds. The number of aryl methyl sites for hydroxylation is 1. The second kappa shape index (κ2) is 3.77. The summed E-state index contributed by atoms with van der Waals surface area (Å²) in [6, 6.07) is 4.19. The van der Waals surface area contributed by atoms with Gasteiger partial charge in [0.2, 0.25) is 0 Å². The van der Waals surface area contributed by atoms with Crippen molar-refractivity contribution in [2.75, 3.05) is 0 Å². The Balaban J connectivity index is 2.58. The first-order chi connectivity index (χ1) is 7.58. The van der Waals surface area contributed by atoms with Crippen LogP contribution in [0.5, 0.6) is 0 Å². The number of carboxylic acid groups (broad SMARTS) is 1. The minimum atomic E-state index is -1.20. The first kappa shape index (κ1) is 10.4. The molecule has 1 aromatic heterocycles. The highest BCUT2D eigenvalue weighted by atomic mass is 19.1. The van der Waals surface area contributed by atoms with Gasteiger partial charge in [-0.05, 0) is 30.7 Å². The van der Waals surface area contributed by atoms with Crippen LogP contribution in [0.15, 0.2) is 29.0 Å². The third-order valence-electron chi connectivity index (χ3n) is 2.07. The number of hydrogen-bond donors (Lipinski definition) is 1. The molecule has 0 atom stereocenters. The van der Waals surface area contributed by atoms with E-state index in [2.05, 4.69) is 4.98 Å². The van der Waals surface area contributed by atoms with Crippen LogP contribution in [-0.2, 0) is 0 Å². The fourth-order valence-electron chi connectivity index (χ4n) is 1.47. The van der Waals surface area contributed by atoms with Crippen molar-refractivity contribution in [2.24, 2.45) is 0 Å². The summed E-state index contributed by atoms with van der Waals surface area (Å²) in [6.07, 6.45) is 1.03. The Labute approximate surface area is 90.4 Å². The predicted octanol–water partition coefficient (Wildman–Crippen LogP) is 2.49. The molecule has 4 nitrogen and oxygen atoms in total. The topological polar surface area (TPSA) is 63.3 Å². The van der Waals surface area contributed by atoms with E-state index in [-0.39, 0.29) is 11.5 Å². The number of halogens is 1. The summed E-state index contributed by atoms with van der Waals surface area (Å²) in [4.78, 5) is 14.4. The smallest absolute Gasteiger partial charge is 0.358 e. The summed E-state index contributed by atoms with van der Waals surface area (Å²) >= 11 is 0. The van der Waals surface area contributed by atoms with Gasteiger partial charge in [0, 0.05) is 5.56 Å². The van der Waals surface area contributed by atoms with Crippen LogP contribution in [0.2, 0.25) is 0 Å². The normalized spacial score (nSPS) is 10.4. The van der Waals surface area contributed by atoms with Gasteiger partial charge in [-0.15, -0.1) is 0 Å². The van der Waals surface area contributed by atoms with E-state index in [9.17, 15) is 9.18 Å². The SMILES string of the molecule is Cc1cc(F)cc(-c2ocnc2C(=O)O)c1. The molecule has 16 heavy (non-hydrogen) atoms. The summed E-state index contributed by atoms with van der Waals surface area (Å²) < 4.78 is 18.1. The van der Waals surface area contributed by atoms with Crippen molar-refractivity contribution in [1.29, 1.82) is 0 Å². The van der Waals surface area contributed by atoms with E-state index in [0.717, 1.165) is 6.39 Å². The lowest BCUT2D eigenvalue weighted by Gasteiger charge is -2.00. The summed E-state index contributed by atoms with van der Waals surface area (Å²) in [5, 5.41) is 8.84. The molecular weight excluding hydrogens is 213 g/mol. The summed E-state index contributed by atoms with van der Waals surface area (Å²) in [6.45, 7) is 1.71. The zero-order valence-electron chi connectivity index (χ0n) is 8.40. The third kappa shape index (κ3) is 1.79. The van der Waals surface area contributed by atoms with Gasteiger partial charge in [0.05, 0.1) is 0 Å². The van der Waals surface area contributed by atoms with Gasteiger partial charge in [0.15, 0.2) is 17.8 Å². The van der Waals surface area contributed by atoms with Crippen LogP contribution in [0.4, 0.5) is 4.39 Å². The van der Waals surface area contributed by atoms with Crippen LogP contribution < -0.4 is 0 Å². The zero-order valence-corrected chi connectivity index (χ0v) is 8.40. The van der Waals surface area contributed by atoms with Crippen LogP contribution in [0.3, 0.4) is 0 Å². The van der Waals surface area contributed by atoms with E-state index in [1.807, 2.05) is 0 Å². The molecule has 0 spiro atoms. The van der Waals surface area contributed by atoms with Gasteiger partial charge >= 0.3 is 5.97 Å². The Bertz CT molecular complexity index is 528. The summed E-state index contributed by atoms with van der Waals surface area (Å²) in [7, 11) is 0. The number of carboxylic acids is 1. The number of oxazole rings is 1. The number of aromatic nitrogens is 1. The minimum Gasteiger partial charge on any atom is -0.476 e. The molecule has 0 aliphatic carbocycles. The lowest BCUT2D eigenvalue weighted by Crippen LogP contribution is -1.98. The van der Waals surface area contributed by atoms with Crippen molar-refractivity contribution in [3.8, 4) is 11.3 Å². The van der Waals surface area contributed by atoms with Gasteiger partial charge in [-0.1, -0.05) is 0 Å². The molecule has 1 heterocycles. The van der Waals surface area contributed by atoms with Crippen molar-refractivity contribution in [3.05, 3.63) is 41.7 Å². The molecule has 0 unspecified atom stereocenters. The molecule has 5 heteroatoms. The molecule has 0 saturated heterocycles. The Morgan fingerprint density at radius 3 is 2.81 bits per heavy atom. The van der Waals surface area contributed by atoms with E-state index in [1.54, 1.807) is 13.0 Å². The lowest BCUT2D eigenvalue weighted by molar-refractivity contribution is 0.0691. The maximum absolute atomic E-state index is 13.1. The molecule has 0 aliphatic heterocycles. The van der Waals surface area contributed by atoms with Gasteiger partial charge < -0.3 is 9.52 Å². The van der Waals surface area contributed by atoms with Crippen LogP contribution in [0.1, 0.15) is 16.1 Å². The highest BCUT2D eigenvalue weighted by Gasteiger charge is 2.17. The molecule has 1 N–H and O–H groups in total. The minimum absolute atomic E-state index is 0.0649. The number of benzene rings is 1. The Hall–Kier alpha value is -2.17. The standard InChI is InChI=1S/C11H8FNO3/c1-6-2-7(4-8(12)3-6)10-9(11(14)15)13-5-16-10/h2-5H,1H3,(H,14,15).